The summed E-state index contributed by atoms with van der Waals surface area (Å²) in [4.78, 5) is 11.7. The molecule has 0 atom stereocenters. The summed E-state index contributed by atoms with van der Waals surface area (Å²) < 4.78 is 28.6. The highest BCUT2D eigenvalue weighted by Crippen LogP contribution is 2.17. The van der Waals surface area contributed by atoms with Gasteiger partial charge in [-0.25, -0.2) is 13.5 Å². The highest BCUT2D eigenvalue weighted by Gasteiger charge is 2.14. The maximum Gasteiger partial charge on any atom is 0.204 e. The Morgan fingerprint density at radius 3 is 2.53 bits per heavy atom. The smallest absolute Gasteiger partial charge is 0.204 e. The fraction of sp³-hybridized carbons (Fsp3) is 0.231. The lowest BCUT2D eigenvalue weighted by atomic mass is 10.2. The molecule has 4 nitrogen and oxygen atoms in total. The van der Waals surface area contributed by atoms with E-state index in [0.717, 1.165) is 16.8 Å². The Balaban J connectivity index is 2.68. The van der Waals surface area contributed by atoms with Crippen LogP contribution in [0.3, 0.4) is 0 Å². The van der Waals surface area contributed by atoms with Crippen LogP contribution in [0, 0.1) is 18.6 Å². The molecular formula is C13H13F2N3O. The molecule has 1 aromatic carbocycles. The van der Waals surface area contributed by atoms with Gasteiger partial charge in [-0.2, -0.15) is 5.10 Å². The van der Waals surface area contributed by atoms with Gasteiger partial charge in [-0.15, -0.1) is 0 Å². The van der Waals surface area contributed by atoms with E-state index in [-0.39, 0.29) is 23.4 Å². The van der Waals surface area contributed by atoms with Crippen LogP contribution in [0.15, 0.2) is 29.1 Å². The zero-order chi connectivity index (χ0) is 14.0. The van der Waals surface area contributed by atoms with Crippen LogP contribution >= 0.6 is 0 Å². The molecule has 1 heterocycles. The topological polar surface area (TPSA) is 46.9 Å². The first-order valence-corrected chi connectivity index (χ1v) is 5.73. The second kappa shape index (κ2) is 5.27. The van der Waals surface area contributed by atoms with Crippen molar-refractivity contribution in [2.45, 2.75) is 13.5 Å². The number of hydrogen-bond acceptors (Lipinski definition) is 3. The molecule has 0 saturated carbocycles. The summed E-state index contributed by atoms with van der Waals surface area (Å²) in [7, 11) is 1.66. The number of nitrogens with one attached hydrogen (secondary N) is 1. The van der Waals surface area contributed by atoms with Gasteiger partial charge in [-0.1, -0.05) is 6.07 Å². The predicted molar refractivity (Wildman–Crippen MR) is 67.3 cm³/mol. The molecule has 0 spiro atoms. The monoisotopic (exact) mass is 265 g/mol. The second-order valence-electron chi connectivity index (χ2n) is 4.11. The third-order valence-electron chi connectivity index (χ3n) is 2.67. The van der Waals surface area contributed by atoms with E-state index in [1.165, 1.54) is 12.1 Å². The third kappa shape index (κ3) is 2.53. The molecule has 2 aromatic rings. The number of rotatable bonds is 3. The molecule has 1 aromatic heterocycles. The van der Waals surface area contributed by atoms with Crippen LogP contribution in [0.5, 0.6) is 0 Å². The highest BCUT2D eigenvalue weighted by atomic mass is 19.1. The molecule has 2 rings (SSSR count). The Morgan fingerprint density at radius 2 is 1.95 bits per heavy atom. The number of hydrogen-bond donors (Lipinski definition) is 1. The summed E-state index contributed by atoms with van der Waals surface area (Å²) in [5.41, 5.74) is 0.0295. The molecule has 1 N–H and O–H groups in total. The van der Waals surface area contributed by atoms with Gasteiger partial charge in [-0.3, -0.25) is 4.79 Å². The third-order valence-corrected chi connectivity index (χ3v) is 2.67. The minimum Gasteiger partial charge on any atom is -0.314 e. The Bertz CT molecular complexity index is 647. The largest absolute Gasteiger partial charge is 0.314 e. The van der Waals surface area contributed by atoms with E-state index in [2.05, 4.69) is 10.4 Å². The van der Waals surface area contributed by atoms with Gasteiger partial charge in [0, 0.05) is 18.3 Å². The maximum atomic E-state index is 13.7. The summed E-state index contributed by atoms with van der Waals surface area (Å²) in [5, 5.41) is 6.80. The molecular weight excluding hydrogens is 252 g/mol. The van der Waals surface area contributed by atoms with Gasteiger partial charge in [-0.05, 0) is 26.1 Å². The summed E-state index contributed by atoms with van der Waals surface area (Å²) in [6.45, 7) is 1.80. The first kappa shape index (κ1) is 13.4. The molecule has 100 valence electrons. The number of para-hydroxylation sites is 1. The van der Waals surface area contributed by atoms with Crippen LogP contribution in [0.4, 0.5) is 8.78 Å². The first-order valence-electron chi connectivity index (χ1n) is 5.73. The fourth-order valence-electron chi connectivity index (χ4n) is 1.79. The Morgan fingerprint density at radius 1 is 1.32 bits per heavy atom. The minimum absolute atomic E-state index is 0.204. The first-order chi connectivity index (χ1) is 9.04. The second-order valence-corrected chi connectivity index (χ2v) is 4.11. The van der Waals surface area contributed by atoms with Gasteiger partial charge in [0.05, 0.1) is 0 Å². The summed E-state index contributed by atoms with van der Waals surface area (Å²) >= 11 is 0. The van der Waals surface area contributed by atoms with E-state index in [1.807, 2.05) is 0 Å². The number of aryl methyl sites for hydroxylation is 1. The lowest BCUT2D eigenvalue weighted by molar-refractivity contribution is 0.550. The molecule has 0 aliphatic rings. The van der Waals surface area contributed by atoms with E-state index >= 15 is 0 Å². The van der Waals surface area contributed by atoms with Crippen molar-refractivity contribution >= 4 is 0 Å². The van der Waals surface area contributed by atoms with Crippen molar-refractivity contribution in [3.63, 3.8) is 0 Å². The summed E-state index contributed by atoms with van der Waals surface area (Å²) in [6.07, 6.45) is 0. The lowest BCUT2D eigenvalue weighted by Crippen LogP contribution is -2.23. The zero-order valence-electron chi connectivity index (χ0n) is 10.6. The Hall–Kier alpha value is -2.08. The molecule has 0 saturated heterocycles. The van der Waals surface area contributed by atoms with E-state index < -0.39 is 11.6 Å². The SMILES string of the molecule is CNCc1nn(-c2c(F)cccc2F)c(C)cc1=O. The van der Waals surface area contributed by atoms with Crippen molar-refractivity contribution in [3.05, 3.63) is 57.5 Å². The van der Waals surface area contributed by atoms with Crippen LogP contribution in [0.25, 0.3) is 5.69 Å². The number of benzene rings is 1. The molecule has 0 fully saturated rings. The lowest BCUT2D eigenvalue weighted by Gasteiger charge is -2.12. The highest BCUT2D eigenvalue weighted by molar-refractivity contribution is 5.36. The molecule has 0 aliphatic carbocycles. The molecule has 19 heavy (non-hydrogen) atoms. The van der Waals surface area contributed by atoms with Crippen molar-refractivity contribution in [2.75, 3.05) is 7.05 Å². The molecule has 0 unspecified atom stereocenters. The molecule has 6 heteroatoms. The van der Waals surface area contributed by atoms with Gasteiger partial charge in [0.2, 0.25) is 5.43 Å². The van der Waals surface area contributed by atoms with Crippen molar-refractivity contribution in [3.8, 4) is 5.69 Å². The summed E-state index contributed by atoms with van der Waals surface area (Å²) in [6, 6.07) is 4.89. The van der Waals surface area contributed by atoms with Crippen LogP contribution < -0.4 is 10.7 Å². The number of aromatic nitrogens is 2. The minimum atomic E-state index is -0.727. The zero-order valence-corrected chi connectivity index (χ0v) is 10.6. The normalized spacial score (nSPS) is 10.7. The number of halogens is 2. The van der Waals surface area contributed by atoms with Crippen molar-refractivity contribution in [1.29, 1.82) is 0 Å². The maximum absolute atomic E-state index is 13.7. The quantitative estimate of drug-likeness (QED) is 0.915. The summed E-state index contributed by atoms with van der Waals surface area (Å²) in [5.74, 6) is -1.45. The molecule has 0 amide bonds. The van der Waals surface area contributed by atoms with Crippen LogP contribution in [-0.4, -0.2) is 16.8 Å². The standard InChI is InChI=1S/C13H13F2N3O/c1-8-6-12(19)11(7-16-2)17-18(8)13-9(14)4-3-5-10(13)15/h3-6,16H,7H2,1-2H3. The Labute approximate surface area is 108 Å². The van der Waals surface area contributed by atoms with Crippen molar-refractivity contribution in [2.24, 2.45) is 0 Å². The fourth-order valence-corrected chi connectivity index (χ4v) is 1.79. The molecule has 0 radical (unpaired) electrons. The van der Waals surface area contributed by atoms with Crippen LogP contribution in [-0.2, 0) is 6.54 Å². The van der Waals surface area contributed by atoms with Crippen molar-refractivity contribution < 1.29 is 8.78 Å². The van der Waals surface area contributed by atoms with E-state index in [4.69, 9.17) is 0 Å². The van der Waals surface area contributed by atoms with E-state index in [0.29, 0.717) is 5.69 Å². The van der Waals surface area contributed by atoms with Gasteiger partial charge >= 0.3 is 0 Å². The average molecular weight is 265 g/mol. The van der Waals surface area contributed by atoms with Gasteiger partial charge in [0.1, 0.15) is 11.4 Å². The molecule has 0 aliphatic heterocycles. The van der Waals surface area contributed by atoms with Gasteiger partial charge < -0.3 is 5.32 Å². The predicted octanol–water partition coefficient (Wildman–Crippen LogP) is 1.54. The van der Waals surface area contributed by atoms with Crippen LogP contribution in [0.1, 0.15) is 11.4 Å². The van der Waals surface area contributed by atoms with Crippen molar-refractivity contribution in [1.82, 2.24) is 15.1 Å². The Kier molecular flexibility index (Phi) is 3.71. The molecule has 0 bridgehead atoms. The van der Waals surface area contributed by atoms with E-state index in [1.54, 1.807) is 14.0 Å². The number of nitrogens with zero attached hydrogens (tertiary/aromatic N) is 2. The van der Waals surface area contributed by atoms with Gasteiger partial charge in [0.25, 0.3) is 0 Å². The average Bonchev–Trinajstić information content (AvgIpc) is 2.34. The van der Waals surface area contributed by atoms with Gasteiger partial charge in [0.15, 0.2) is 11.6 Å². The van der Waals surface area contributed by atoms with Crippen LogP contribution in [0.2, 0.25) is 0 Å². The van der Waals surface area contributed by atoms with E-state index in [9.17, 15) is 13.6 Å².